The minimum atomic E-state index is 0.670. The van der Waals surface area contributed by atoms with Crippen LogP contribution in [0.3, 0.4) is 0 Å². The molecule has 100 valence electrons. The van der Waals surface area contributed by atoms with Crippen molar-refractivity contribution < 1.29 is 4.74 Å². The second-order valence-electron chi connectivity index (χ2n) is 6.20. The van der Waals surface area contributed by atoms with Crippen LogP contribution in [0.2, 0.25) is 0 Å². The molecule has 1 saturated heterocycles. The second-order valence-corrected chi connectivity index (χ2v) is 6.20. The summed E-state index contributed by atoms with van der Waals surface area (Å²) in [6, 6.07) is 0. The van der Waals surface area contributed by atoms with E-state index in [-0.39, 0.29) is 0 Å². The Morgan fingerprint density at radius 1 is 0.765 bits per heavy atom. The molecule has 2 fully saturated rings. The van der Waals surface area contributed by atoms with Gasteiger partial charge in [0.1, 0.15) is 0 Å². The smallest absolute Gasteiger partial charge is 0.0844 e. The summed E-state index contributed by atoms with van der Waals surface area (Å²) in [4.78, 5) is 0. The number of hydrogen-bond donors (Lipinski definition) is 0. The zero-order valence-corrected chi connectivity index (χ0v) is 11.8. The van der Waals surface area contributed by atoms with E-state index in [4.69, 9.17) is 4.74 Å². The molecule has 1 nitrogen and oxygen atoms in total. The molecule has 1 heterocycles. The summed E-state index contributed by atoms with van der Waals surface area (Å²) in [5.41, 5.74) is 0. The lowest BCUT2D eigenvalue weighted by Crippen LogP contribution is -2.24. The highest BCUT2D eigenvalue weighted by molar-refractivity contribution is 4.95. The van der Waals surface area contributed by atoms with Crippen LogP contribution in [0.4, 0.5) is 0 Å². The third kappa shape index (κ3) is 3.98. The van der Waals surface area contributed by atoms with E-state index in [1.165, 1.54) is 64.2 Å². The summed E-state index contributed by atoms with van der Waals surface area (Å²) >= 11 is 0. The van der Waals surface area contributed by atoms with Gasteiger partial charge in [0.25, 0.3) is 0 Å². The number of unbranched alkanes of at least 4 members (excludes halogenated alkanes) is 4. The largest absolute Gasteiger partial charge is 0.370 e. The number of epoxide rings is 1. The molecule has 0 radical (unpaired) electrons. The van der Waals surface area contributed by atoms with Crippen molar-refractivity contribution in [3.8, 4) is 0 Å². The lowest BCUT2D eigenvalue weighted by molar-refractivity contribution is 0.225. The first-order valence-corrected chi connectivity index (χ1v) is 8.00. The Labute approximate surface area is 107 Å². The van der Waals surface area contributed by atoms with Crippen LogP contribution in [-0.4, -0.2) is 12.2 Å². The summed E-state index contributed by atoms with van der Waals surface area (Å²) in [6.07, 6.45) is 15.5. The van der Waals surface area contributed by atoms with Crippen molar-refractivity contribution >= 4 is 0 Å². The molecule has 17 heavy (non-hydrogen) atoms. The molecule has 0 bridgehead atoms. The Balaban J connectivity index is 1.72. The van der Waals surface area contributed by atoms with Crippen LogP contribution < -0.4 is 0 Å². The topological polar surface area (TPSA) is 12.5 Å². The molecule has 0 N–H and O–H groups in total. The lowest BCUT2D eigenvalue weighted by Gasteiger charge is -2.29. The molecule has 2 aliphatic rings. The molecule has 4 atom stereocenters. The first-order valence-electron chi connectivity index (χ1n) is 8.00. The summed E-state index contributed by atoms with van der Waals surface area (Å²) in [7, 11) is 0. The standard InChI is InChI=1S/C16H30O/c1-3-5-7-9-13-11-15-16(17-15)12-14(13)10-8-6-4-2/h13-16H,3-12H2,1-2H3. The van der Waals surface area contributed by atoms with Crippen molar-refractivity contribution in [2.45, 2.75) is 90.3 Å². The van der Waals surface area contributed by atoms with Crippen molar-refractivity contribution in [3.05, 3.63) is 0 Å². The van der Waals surface area contributed by atoms with E-state index in [0.29, 0.717) is 12.2 Å². The summed E-state index contributed by atoms with van der Waals surface area (Å²) in [5.74, 6) is 1.98. The van der Waals surface area contributed by atoms with Crippen LogP contribution in [0.15, 0.2) is 0 Å². The average molecular weight is 238 g/mol. The summed E-state index contributed by atoms with van der Waals surface area (Å²) < 4.78 is 5.75. The Morgan fingerprint density at radius 2 is 1.24 bits per heavy atom. The van der Waals surface area contributed by atoms with Gasteiger partial charge in [-0.1, -0.05) is 65.2 Å². The predicted molar refractivity (Wildman–Crippen MR) is 73.2 cm³/mol. The van der Waals surface area contributed by atoms with Crippen molar-refractivity contribution in [3.63, 3.8) is 0 Å². The van der Waals surface area contributed by atoms with Gasteiger partial charge in [-0.2, -0.15) is 0 Å². The van der Waals surface area contributed by atoms with Crippen molar-refractivity contribution in [1.82, 2.24) is 0 Å². The lowest BCUT2D eigenvalue weighted by atomic mass is 9.74. The van der Waals surface area contributed by atoms with Gasteiger partial charge in [-0.3, -0.25) is 0 Å². The molecular formula is C16H30O. The monoisotopic (exact) mass is 238 g/mol. The number of ether oxygens (including phenoxy) is 1. The minimum Gasteiger partial charge on any atom is -0.370 e. The molecule has 0 aromatic heterocycles. The zero-order chi connectivity index (χ0) is 12.1. The van der Waals surface area contributed by atoms with Gasteiger partial charge in [0.05, 0.1) is 12.2 Å². The van der Waals surface area contributed by atoms with Gasteiger partial charge in [0.15, 0.2) is 0 Å². The highest BCUT2D eigenvalue weighted by Crippen LogP contribution is 2.46. The van der Waals surface area contributed by atoms with E-state index < -0.39 is 0 Å². The van der Waals surface area contributed by atoms with E-state index in [0.717, 1.165) is 11.8 Å². The van der Waals surface area contributed by atoms with Gasteiger partial charge in [-0.15, -0.1) is 0 Å². The number of hydrogen-bond acceptors (Lipinski definition) is 1. The molecule has 0 aromatic rings. The van der Waals surface area contributed by atoms with Gasteiger partial charge >= 0.3 is 0 Å². The Bertz CT molecular complexity index is 192. The first kappa shape index (κ1) is 13.4. The molecule has 1 aliphatic heterocycles. The quantitative estimate of drug-likeness (QED) is 0.431. The molecule has 1 saturated carbocycles. The molecule has 1 aliphatic carbocycles. The van der Waals surface area contributed by atoms with E-state index in [2.05, 4.69) is 13.8 Å². The maximum atomic E-state index is 5.75. The molecule has 1 heteroatoms. The molecule has 0 amide bonds. The SMILES string of the molecule is CCCCCC1CC2OC2CC1CCCCC. The van der Waals surface area contributed by atoms with Gasteiger partial charge in [0.2, 0.25) is 0 Å². The Hall–Kier alpha value is -0.0400. The minimum absolute atomic E-state index is 0.670. The van der Waals surface area contributed by atoms with Crippen LogP contribution in [0.25, 0.3) is 0 Å². The molecule has 0 spiro atoms. The third-order valence-corrected chi connectivity index (χ3v) is 4.78. The van der Waals surface area contributed by atoms with E-state index in [1.807, 2.05) is 0 Å². The maximum Gasteiger partial charge on any atom is 0.0844 e. The molecular weight excluding hydrogens is 208 g/mol. The second kappa shape index (κ2) is 6.78. The summed E-state index contributed by atoms with van der Waals surface area (Å²) in [6.45, 7) is 4.61. The van der Waals surface area contributed by atoms with Gasteiger partial charge < -0.3 is 4.74 Å². The normalized spacial score (nSPS) is 35.6. The number of rotatable bonds is 8. The molecule has 0 aromatic carbocycles. The molecule has 4 unspecified atom stereocenters. The van der Waals surface area contributed by atoms with E-state index in [1.54, 1.807) is 0 Å². The van der Waals surface area contributed by atoms with E-state index >= 15 is 0 Å². The first-order chi connectivity index (χ1) is 8.35. The fraction of sp³-hybridized carbons (Fsp3) is 1.00. The van der Waals surface area contributed by atoms with Crippen molar-refractivity contribution in [2.24, 2.45) is 11.8 Å². The fourth-order valence-corrected chi connectivity index (χ4v) is 3.60. The zero-order valence-electron chi connectivity index (χ0n) is 11.8. The predicted octanol–water partition coefficient (Wildman–Crippen LogP) is 4.94. The van der Waals surface area contributed by atoms with Crippen molar-refractivity contribution in [2.75, 3.05) is 0 Å². The Kier molecular flexibility index (Phi) is 5.34. The van der Waals surface area contributed by atoms with Crippen molar-refractivity contribution in [1.29, 1.82) is 0 Å². The van der Waals surface area contributed by atoms with Crippen LogP contribution in [0.5, 0.6) is 0 Å². The van der Waals surface area contributed by atoms with Gasteiger partial charge in [-0.05, 0) is 24.7 Å². The van der Waals surface area contributed by atoms with Crippen LogP contribution >= 0.6 is 0 Å². The van der Waals surface area contributed by atoms with Gasteiger partial charge in [0, 0.05) is 0 Å². The van der Waals surface area contributed by atoms with Gasteiger partial charge in [-0.25, -0.2) is 0 Å². The maximum absolute atomic E-state index is 5.75. The Morgan fingerprint density at radius 3 is 1.65 bits per heavy atom. The van der Waals surface area contributed by atoms with Crippen LogP contribution in [0, 0.1) is 11.8 Å². The van der Waals surface area contributed by atoms with E-state index in [9.17, 15) is 0 Å². The van der Waals surface area contributed by atoms with Crippen LogP contribution in [0.1, 0.15) is 78.1 Å². The fourth-order valence-electron chi connectivity index (χ4n) is 3.60. The average Bonchev–Trinajstić information content (AvgIpc) is 3.07. The number of fused-ring (bicyclic) bond motifs is 1. The third-order valence-electron chi connectivity index (χ3n) is 4.78. The highest BCUT2D eigenvalue weighted by atomic mass is 16.6. The summed E-state index contributed by atoms with van der Waals surface area (Å²) in [5, 5.41) is 0. The molecule has 2 rings (SSSR count). The van der Waals surface area contributed by atoms with Crippen LogP contribution in [-0.2, 0) is 4.74 Å². The highest BCUT2D eigenvalue weighted by Gasteiger charge is 2.47.